The molecule has 2 rings (SSSR count). The van der Waals surface area contributed by atoms with Gasteiger partial charge in [-0.05, 0) is 25.0 Å². The second-order valence-electron chi connectivity index (χ2n) is 5.46. The van der Waals surface area contributed by atoms with E-state index in [4.69, 9.17) is 14.7 Å². The van der Waals surface area contributed by atoms with Gasteiger partial charge < -0.3 is 9.47 Å². The molecule has 3 nitrogen and oxygen atoms in total. The predicted octanol–water partition coefficient (Wildman–Crippen LogP) is 4.29. The fourth-order valence-electron chi connectivity index (χ4n) is 2.71. The van der Waals surface area contributed by atoms with Crippen molar-refractivity contribution < 1.29 is 9.47 Å². The molecule has 20 heavy (non-hydrogen) atoms. The van der Waals surface area contributed by atoms with Gasteiger partial charge in [0.2, 0.25) is 0 Å². The molecular weight excluding hydrogens is 318 g/mol. The number of halogens is 1. The van der Waals surface area contributed by atoms with Crippen molar-refractivity contribution in [2.75, 3.05) is 19.0 Å². The minimum Gasteiger partial charge on any atom is -0.493 e. The van der Waals surface area contributed by atoms with E-state index < -0.39 is 0 Å². The van der Waals surface area contributed by atoms with Crippen LogP contribution >= 0.6 is 15.9 Å². The van der Waals surface area contributed by atoms with Crippen LogP contribution in [0.2, 0.25) is 0 Å². The molecule has 0 aliphatic heterocycles. The van der Waals surface area contributed by atoms with Gasteiger partial charge in [-0.25, -0.2) is 0 Å². The van der Waals surface area contributed by atoms with Gasteiger partial charge in [0.05, 0.1) is 25.3 Å². The number of benzene rings is 1. The first-order chi connectivity index (χ1) is 9.73. The van der Waals surface area contributed by atoms with E-state index in [0.29, 0.717) is 17.9 Å². The van der Waals surface area contributed by atoms with Crippen LogP contribution < -0.4 is 9.47 Å². The fourth-order valence-corrected chi connectivity index (χ4v) is 3.43. The van der Waals surface area contributed by atoms with Crippen LogP contribution in [0.25, 0.3) is 0 Å². The third-order valence-corrected chi connectivity index (χ3v) is 5.21. The Labute approximate surface area is 129 Å². The summed E-state index contributed by atoms with van der Waals surface area (Å²) < 4.78 is 11.3. The first-order valence-corrected chi connectivity index (χ1v) is 8.12. The maximum atomic E-state index is 8.91. The van der Waals surface area contributed by atoms with Crippen LogP contribution in [0.1, 0.15) is 37.7 Å². The van der Waals surface area contributed by atoms with E-state index in [2.05, 4.69) is 22.0 Å². The summed E-state index contributed by atoms with van der Waals surface area (Å²) in [6.45, 7) is 0.695. The molecule has 0 atom stereocenters. The lowest BCUT2D eigenvalue weighted by Crippen LogP contribution is -2.32. The summed E-state index contributed by atoms with van der Waals surface area (Å²) >= 11 is 3.65. The van der Waals surface area contributed by atoms with Gasteiger partial charge in [0.1, 0.15) is 0 Å². The molecule has 1 aliphatic carbocycles. The Morgan fingerprint density at radius 1 is 1.25 bits per heavy atom. The SMILES string of the molecule is COc1cc(C#N)ccc1OCC1(CBr)CCCCC1. The lowest BCUT2D eigenvalue weighted by molar-refractivity contribution is 0.119. The molecule has 0 heterocycles. The summed E-state index contributed by atoms with van der Waals surface area (Å²) in [5.74, 6) is 1.35. The van der Waals surface area contributed by atoms with Crippen molar-refractivity contribution in [3.05, 3.63) is 23.8 Å². The Morgan fingerprint density at radius 2 is 2.00 bits per heavy atom. The largest absolute Gasteiger partial charge is 0.493 e. The first-order valence-electron chi connectivity index (χ1n) is 7.00. The van der Waals surface area contributed by atoms with Crippen molar-refractivity contribution in [1.82, 2.24) is 0 Å². The molecule has 0 unspecified atom stereocenters. The Balaban J connectivity index is 2.08. The Bertz CT molecular complexity index is 490. The Kier molecular flexibility index (Phi) is 5.31. The number of nitrogens with zero attached hydrogens (tertiary/aromatic N) is 1. The molecule has 0 N–H and O–H groups in total. The van der Waals surface area contributed by atoms with Gasteiger partial charge in [-0.3, -0.25) is 0 Å². The second-order valence-corrected chi connectivity index (χ2v) is 6.02. The number of hydrogen-bond donors (Lipinski definition) is 0. The van der Waals surface area contributed by atoms with E-state index in [-0.39, 0.29) is 5.41 Å². The minimum atomic E-state index is 0.233. The van der Waals surface area contributed by atoms with E-state index in [1.165, 1.54) is 32.1 Å². The van der Waals surface area contributed by atoms with Gasteiger partial charge in [0.25, 0.3) is 0 Å². The molecule has 1 aliphatic rings. The maximum Gasteiger partial charge on any atom is 0.162 e. The van der Waals surface area contributed by atoms with Crippen LogP contribution in [0.4, 0.5) is 0 Å². The zero-order valence-corrected chi connectivity index (χ0v) is 13.4. The summed E-state index contributed by atoms with van der Waals surface area (Å²) in [7, 11) is 1.60. The number of hydrogen-bond acceptors (Lipinski definition) is 3. The molecule has 108 valence electrons. The average molecular weight is 338 g/mol. The topological polar surface area (TPSA) is 42.2 Å². The molecule has 0 saturated heterocycles. The van der Waals surface area contributed by atoms with E-state index in [0.717, 1.165) is 11.1 Å². The lowest BCUT2D eigenvalue weighted by Gasteiger charge is -2.35. The fraction of sp³-hybridized carbons (Fsp3) is 0.562. The summed E-state index contributed by atoms with van der Waals surface area (Å²) in [6, 6.07) is 7.41. The van der Waals surface area contributed by atoms with Gasteiger partial charge >= 0.3 is 0 Å². The highest BCUT2D eigenvalue weighted by Crippen LogP contribution is 2.39. The summed E-state index contributed by atoms with van der Waals surface area (Å²) in [5.41, 5.74) is 0.819. The molecule has 0 spiro atoms. The van der Waals surface area contributed by atoms with Gasteiger partial charge in [-0.2, -0.15) is 5.26 Å². The molecule has 4 heteroatoms. The van der Waals surface area contributed by atoms with Crippen LogP contribution in [0.5, 0.6) is 11.5 Å². The normalized spacial score (nSPS) is 17.2. The number of ether oxygens (including phenoxy) is 2. The minimum absolute atomic E-state index is 0.233. The highest BCUT2D eigenvalue weighted by atomic mass is 79.9. The number of rotatable bonds is 5. The predicted molar refractivity (Wildman–Crippen MR) is 82.5 cm³/mol. The van der Waals surface area contributed by atoms with Crippen molar-refractivity contribution in [3.63, 3.8) is 0 Å². The molecular formula is C16H20BrNO2. The van der Waals surface area contributed by atoms with Gasteiger partial charge in [0.15, 0.2) is 11.5 Å². The number of alkyl halides is 1. The van der Waals surface area contributed by atoms with E-state index in [9.17, 15) is 0 Å². The van der Waals surface area contributed by atoms with Crippen LogP contribution in [0, 0.1) is 16.7 Å². The van der Waals surface area contributed by atoms with Crippen molar-refractivity contribution >= 4 is 15.9 Å². The smallest absolute Gasteiger partial charge is 0.162 e. The molecule has 0 aromatic heterocycles. The van der Waals surface area contributed by atoms with Crippen molar-refractivity contribution in [2.24, 2.45) is 5.41 Å². The molecule has 0 radical (unpaired) electrons. The highest BCUT2D eigenvalue weighted by Gasteiger charge is 2.32. The van der Waals surface area contributed by atoms with Crippen LogP contribution in [-0.2, 0) is 0 Å². The van der Waals surface area contributed by atoms with Gasteiger partial charge in [0, 0.05) is 16.8 Å². The highest BCUT2D eigenvalue weighted by molar-refractivity contribution is 9.09. The zero-order valence-electron chi connectivity index (χ0n) is 11.8. The standard InChI is InChI=1S/C16H20BrNO2/c1-19-15-9-13(10-18)5-6-14(15)20-12-16(11-17)7-3-2-4-8-16/h5-6,9H,2-4,7-8,11-12H2,1H3. The van der Waals surface area contributed by atoms with Crippen molar-refractivity contribution in [3.8, 4) is 17.6 Å². The van der Waals surface area contributed by atoms with Crippen LogP contribution in [-0.4, -0.2) is 19.0 Å². The second kappa shape index (κ2) is 6.99. The molecule has 1 aromatic carbocycles. The van der Waals surface area contributed by atoms with Crippen molar-refractivity contribution in [1.29, 1.82) is 5.26 Å². The summed E-state index contributed by atoms with van der Waals surface area (Å²) in [4.78, 5) is 0. The van der Waals surface area contributed by atoms with Crippen molar-refractivity contribution in [2.45, 2.75) is 32.1 Å². The molecule has 1 aromatic rings. The molecule has 1 fully saturated rings. The average Bonchev–Trinajstić information content (AvgIpc) is 2.53. The first kappa shape index (κ1) is 15.2. The number of nitriles is 1. The van der Waals surface area contributed by atoms with Crippen LogP contribution in [0.3, 0.4) is 0 Å². The Hall–Kier alpha value is -1.21. The van der Waals surface area contributed by atoms with E-state index >= 15 is 0 Å². The third kappa shape index (κ3) is 3.46. The maximum absolute atomic E-state index is 8.91. The van der Waals surface area contributed by atoms with Gasteiger partial charge in [-0.1, -0.05) is 35.2 Å². The van der Waals surface area contributed by atoms with E-state index in [1.807, 2.05) is 6.07 Å². The summed E-state index contributed by atoms with van der Waals surface area (Å²) in [6.07, 6.45) is 6.29. The monoisotopic (exact) mass is 337 g/mol. The quantitative estimate of drug-likeness (QED) is 0.752. The third-order valence-electron chi connectivity index (χ3n) is 4.02. The molecule has 1 saturated carbocycles. The number of methoxy groups -OCH3 is 1. The zero-order chi connectivity index (χ0) is 14.4. The lowest BCUT2D eigenvalue weighted by atomic mass is 9.76. The Morgan fingerprint density at radius 3 is 2.60 bits per heavy atom. The van der Waals surface area contributed by atoms with Gasteiger partial charge in [-0.15, -0.1) is 0 Å². The van der Waals surface area contributed by atoms with E-state index in [1.54, 1.807) is 19.2 Å². The molecule has 0 amide bonds. The van der Waals surface area contributed by atoms with Crippen LogP contribution in [0.15, 0.2) is 18.2 Å². The molecule has 0 bridgehead atoms. The summed E-state index contributed by atoms with van der Waals surface area (Å²) in [5, 5.41) is 9.88.